The molecule has 0 aromatic heterocycles. The van der Waals surface area contributed by atoms with Crippen molar-refractivity contribution in [3.8, 4) is 5.75 Å². The lowest BCUT2D eigenvalue weighted by molar-refractivity contribution is 0.468. The maximum absolute atomic E-state index is 10.5. The van der Waals surface area contributed by atoms with Crippen LogP contribution in [0.4, 0.5) is 5.69 Å². The zero-order valence-electron chi connectivity index (χ0n) is 8.09. The summed E-state index contributed by atoms with van der Waals surface area (Å²) in [5.74, 6) is 0.255. The number of phenols is 1. The van der Waals surface area contributed by atoms with Gasteiger partial charge in [-0.1, -0.05) is 6.92 Å². The molecule has 70 valence electrons. The van der Waals surface area contributed by atoms with Gasteiger partial charge < -0.3 is 5.11 Å². The second-order valence-electron chi connectivity index (χ2n) is 3.11. The third kappa shape index (κ3) is 1.54. The molecule has 0 atom stereocenters. The van der Waals surface area contributed by atoms with Crippen molar-refractivity contribution in [2.45, 2.75) is 27.2 Å². The van der Waals surface area contributed by atoms with Gasteiger partial charge in [0.25, 0.3) is 0 Å². The smallest absolute Gasteiger partial charge is 0.119 e. The maximum atomic E-state index is 10.5. The van der Waals surface area contributed by atoms with Crippen molar-refractivity contribution < 1.29 is 5.11 Å². The number of aromatic hydroxyl groups is 1. The predicted octanol–water partition coefficient (Wildman–Crippen LogP) is 2.97. The van der Waals surface area contributed by atoms with Crippen molar-refractivity contribution in [1.82, 2.24) is 0 Å². The minimum Gasteiger partial charge on any atom is -0.508 e. The Hall–Kier alpha value is -1.38. The van der Waals surface area contributed by atoms with Crippen molar-refractivity contribution in [3.05, 3.63) is 27.7 Å². The Morgan fingerprint density at radius 1 is 1.46 bits per heavy atom. The fourth-order valence-electron chi connectivity index (χ4n) is 1.58. The van der Waals surface area contributed by atoms with E-state index in [-0.39, 0.29) is 5.75 Å². The minimum atomic E-state index is 0.255. The molecule has 0 aliphatic carbocycles. The maximum Gasteiger partial charge on any atom is 0.119 e. The number of benzene rings is 1. The first-order valence-electron chi connectivity index (χ1n) is 4.27. The first kappa shape index (κ1) is 9.71. The molecule has 1 rings (SSSR count). The summed E-state index contributed by atoms with van der Waals surface area (Å²) in [6, 6.07) is 1.59. The summed E-state index contributed by atoms with van der Waals surface area (Å²) in [6.45, 7) is 5.51. The van der Waals surface area contributed by atoms with Gasteiger partial charge in [-0.25, -0.2) is 0 Å². The molecule has 3 heteroatoms. The average molecular weight is 179 g/mol. The summed E-state index contributed by atoms with van der Waals surface area (Å²) in [4.78, 5) is 10.5. The van der Waals surface area contributed by atoms with Crippen LogP contribution in [0.25, 0.3) is 0 Å². The molecule has 0 heterocycles. The minimum absolute atomic E-state index is 0.255. The molecular formula is C10H13NO2. The summed E-state index contributed by atoms with van der Waals surface area (Å²) >= 11 is 0. The van der Waals surface area contributed by atoms with Crippen LogP contribution in [0.3, 0.4) is 0 Å². The summed E-state index contributed by atoms with van der Waals surface area (Å²) < 4.78 is 0. The van der Waals surface area contributed by atoms with Gasteiger partial charge in [0, 0.05) is 0 Å². The van der Waals surface area contributed by atoms with E-state index in [1.165, 1.54) is 0 Å². The summed E-state index contributed by atoms with van der Waals surface area (Å²) in [5.41, 5.74) is 2.77. The van der Waals surface area contributed by atoms with Crippen LogP contribution in [0.5, 0.6) is 5.75 Å². The van der Waals surface area contributed by atoms with Gasteiger partial charge in [-0.15, -0.1) is 4.91 Å². The topological polar surface area (TPSA) is 49.7 Å². The van der Waals surface area contributed by atoms with Crippen LogP contribution < -0.4 is 0 Å². The lowest BCUT2D eigenvalue weighted by Gasteiger charge is -2.09. The van der Waals surface area contributed by atoms with Gasteiger partial charge in [0.05, 0.1) is 0 Å². The van der Waals surface area contributed by atoms with Crippen molar-refractivity contribution in [3.63, 3.8) is 0 Å². The summed E-state index contributed by atoms with van der Waals surface area (Å²) in [7, 11) is 0. The number of phenolic OH excluding ortho intramolecular Hbond substituents is 1. The highest BCUT2D eigenvalue weighted by Crippen LogP contribution is 2.32. The number of aryl methyl sites for hydroxylation is 1. The standard InChI is InChI=1S/C10H13NO2/c1-4-8-7(3)10(11-13)6(2)5-9(8)12/h5,12H,4H2,1-3H3. The third-order valence-electron chi connectivity index (χ3n) is 2.29. The molecule has 0 aliphatic rings. The van der Waals surface area contributed by atoms with Gasteiger partial charge in [-0.05, 0) is 48.2 Å². The molecule has 0 spiro atoms. The summed E-state index contributed by atoms with van der Waals surface area (Å²) in [6.07, 6.45) is 0.709. The van der Waals surface area contributed by atoms with Gasteiger partial charge in [0.1, 0.15) is 11.4 Å². The van der Waals surface area contributed by atoms with Gasteiger partial charge >= 0.3 is 0 Å². The molecular weight excluding hydrogens is 166 g/mol. The van der Waals surface area contributed by atoms with Crippen LogP contribution in [0.15, 0.2) is 11.2 Å². The number of rotatable bonds is 2. The van der Waals surface area contributed by atoms with E-state index < -0.39 is 0 Å². The first-order chi connectivity index (χ1) is 6.11. The van der Waals surface area contributed by atoms with Crippen molar-refractivity contribution in [2.75, 3.05) is 0 Å². The molecule has 13 heavy (non-hydrogen) atoms. The quantitative estimate of drug-likeness (QED) is 0.709. The lowest BCUT2D eigenvalue weighted by Crippen LogP contribution is -1.90. The second kappa shape index (κ2) is 3.56. The van der Waals surface area contributed by atoms with Crippen molar-refractivity contribution >= 4 is 5.69 Å². The molecule has 3 nitrogen and oxygen atoms in total. The van der Waals surface area contributed by atoms with Crippen LogP contribution in [0.2, 0.25) is 0 Å². The van der Waals surface area contributed by atoms with Crippen LogP contribution in [-0.4, -0.2) is 5.11 Å². The highest BCUT2D eigenvalue weighted by molar-refractivity contribution is 5.59. The van der Waals surface area contributed by atoms with E-state index in [4.69, 9.17) is 0 Å². The van der Waals surface area contributed by atoms with Crippen LogP contribution >= 0.6 is 0 Å². The molecule has 0 radical (unpaired) electrons. The van der Waals surface area contributed by atoms with E-state index in [0.29, 0.717) is 12.1 Å². The molecule has 1 aromatic rings. The third-order valence-corrected chi connectivity index (χ3v) is 2.29. The van der Waals surface area contributed by atoms with Crippen molar-refractivity contribution in [1.29, 1.82) is 0 Å². The first-order valence-corrected chi connectivity index (χ1v) is 4.27. The Morgan fingerprint density at radius 3 is 2.54 bits per heavy atom. The van der Waals surface area contributed by atoms with Crippen molar-refractivity contribution in [2.24, 2.45) is 5.18 Å². The zero-order valence-corrected chi connectivity index (χ0v) is 8.09. The van der Waals surface area contributed by atoms with E-state index in [1.807, 2.05) is 13.8 Å². The molecule has 0 bridgehead atoms. The molecule has 0 unspecified atom stereocenters. The largest absolute Gasteiger partial charge is 0.508 e. The second-order valence-corrected chi connectivity index (χ2v) is 3.11. The Balaban J connectivity index is 3.47. The number of hydrogen-bond acceptors (Lipinski definition) is 3. The lowest BCUT2D eigenvalue weighted by atomic mass is 10.00. The van der Waals surface area contributed by atoms with Crippen LogP contribution in [0, 0.1) is 18.8 Å². The Kier molecular flexibility index (Phi) is 2.66. The van der Waals surface area contributed by atoms with E-state index in [1.54, 1.807) is 13.0 Å². The van der Waals surface area contributed by atoms with E-state index in [9.17, 15) is 10.0 Å². The monoisotopic (exact) mass is 179 g/mol. The summed E-state index contributed by atoms with van der Waals surface area (Å²) in [5, 5.41) is 12.5. The highest BCUT2D eigenvalue weighted by atomic mass is 16.3. The SMILES string of the molecule is CCc1c(O)cc(C)c(N=O)c1C. The molecule has 0 aliphatic heterocycles. The van der Waals surface area contributed by atoms with E-state index in [0.717, 1.165) is 16.7 Å². The molecule has 0 fully saturated rings. The predicted molar refractivity (Wildman–Crippen MR) is 52.4 cm³/mol. The van der Waals surface area contributed by atoms with Crippen LogP contribution in [0.1, 0.15) is 23.6 Å². The number of hydrogen-bond donors (Lipinski definition) is 1. The normalized spacial score (nSPS) is 10.1. The molecule has 0 saturated carbocycles. The van der Waals surface area contributed by atoms with Gasteiger partial charge in [0.15, 0.2) is 0 Å². The molecule has 0 amide bonds. The fraction of sp³-hybridized carbons (Fsp3) is 0.400. The zero-order chi connectivity index (χ0) is 10.0. The highest BCUT2D eigenvalue weighted by Gasteiger charge is 2.11. The van der Waals surface area contributed by atoms with E-state index >= 15 is 0 Å². The fourth-order valence-corrected chi connectivity index (χ4v) is 1.58. The van der Waals surface area contributed by atoms with Gasteiger partial charge in [-0.3, -0.25) is 0 Å². The van der Waals surface area contributed by atoms with E-state index in [2.05, 4.69) is 5.18 Å². The molecule has 1 aromatic carbocycles. The average Bonchev–Trinajstić information content (AvgIpc) is 2.04. The van der Waals surface area contributed by atoms with Crippen LogP contribution in [-0.2, 0) is 6.42 Å². The Labute approximate surface area is 77.4 Å². The molecule has 0 saturated heterocycles. The van der Waals surface area contributed by atoms with Gasteiger partial charge in [-0.2, -0.15) is 0 Å². The Morgan fingerprint density at radius 2 is 2.08 bits per heavy atom. The van der Waals surface area contributed by atoms with Gasteiger partial charge in [0.2, 0.25) is 0 Å². The number of nitroso groups, excluding NO2 is 1. The Bertz CT molecular complexity index is 345. The molecule has 1 N–H and O–H groups in total. The number of nitrogens with zero attached hydrogens (tertiary/aromatic N) is 1.